The lowest BCUT2D eigenvalue weighted by Crippen LogP contribution is -2.45. The molecule has 11 nitrogen and oxygen atoms in total. The third kappa shape index (κ3) is 5.38. The SMILES string of the molecule is O=C(O)C1=CC2(CCC1S(=O)(=O)Nc1ccc(F)cc1Br)OC(C(O)CO)C(C(O)CO)O2. The molecule has 1 heterocycles. The number of carboxylic acids is 1. The summed E-state index contributed by atoms with van der Waals surface area (Å²) in [6, 6.07) is 3.25. The molecule has 5 unspecified atom stereocenters. The van der Waals surface area contributed by atoms with Crippen LogP contribution in [0.5, 0.6) is 0 Å². The van der Waals surface area contributed by atoms with Gasteiger partial charge in [0.05, 0.1) is 24.5 Å². The van der Waals surface area contributed by atoms with Gasteiger partial charge in [0.25, 0.3) is 0 Å². The van der Waals surface area contributed by atoms with Crippen molar-refractivity contribution in [1.82, 2.24) is 0 Å². The van der Waals surface area contributed by atoms with Crippen molar-refractivity contribution in [2.24, 2.45) is 0 Å². The Hall–Kier alpha value is -1.65. The Labute approximate surface area is 196 Å². The van der Waals surface area contributed by atoms with E-state index < -0.39 is 76.0 Å². The van der Waals surface area contributed by atoms with Gasteiger partial charge in [-0.05, 0) is 46.6 Å². The highest BCUT2D eigenvalue weighted by molar-refractivity contribution is 9.10. The summed E-state index contributed by atoms with van der Waals surface area (Å²) in [5, 5.41) is 46.8. The standard InChI is InChI=1S/C19H23BrFNO10S/c20-11-5-9(21)1-2-12(11)22-33(29,30)15-3-4-19(6-10(15)18(27)28)31-16(13(25)7-23)17(32-19)14(26)8-24/h1-2,5-6,13-17,22-26H,3-4,7-8H2,(H,27,28). The molecule has 14 heteroatoms. The van der Waals surface area contributed by atoms with Gasteiger partial charge in [-0.15, -0.1) is 0 Å². The number of aliphatic hydroxyl groups excluding tert-OH is 4. The number of carbonyl (C=O) groups is 1. The lowest BCUT2D eigenvalue weighted by molar-refractivity contribution is -0.163. The Kier molecular flexibility index (Phi) is 7.80. The fourth-order valence-corrected chi connectivity index (χ4v) is 5.96. The maximum atomic E-state index is 13.3. The fourth-order valence-electron chi connectivity index (χ4n) is 3.82. The van der Waals surface area contributed by atoms with E-state index >= 15 is 0 Å². The molecule has 5 atom stereocenters. The Morgan fingerprint density at radius 2 is 1.79 bits per heavy atom. The number of hydrogen-bond acceptors (Lipinski definition) is 9. The Morgan fingerprint density at radius 3 is 2.27 bits per heavy atom. The zero-order valence-corrected chi connectivity index (χ0v) is 19.4. The van der Waals surface area contributed by atoms with Gasteiger partial charge in [-0.2, -0.15) is 0 Å². The number of nitrogens with one attached hydrogen (secondary N) is 1. The van der Waals surface area contributed by atoms with Gasteiger partial charge in [0.15, 0.2) is 5.79 Å². The number of benzene rings is 1. The first kappa shape index (κ1) is 26.0. The van der Waals surface area contributed by atoms with E-state index in [-0.39, 0.29) is 23.0 Å². The van der Waals surface area contributed by atoms with E-state index in [9.17, 15) is 43.1 Å². The molecule has 1 aromatic rings. The van der Waals surface area contributed by atoms with Gasteiger partial charge in [-0.25, -0.2) is 17.6 Å². The van der Waals surface area contributed by atoms with Crippen molar-refractivity contribution in [2.75, 3.05) is 17.9 Å². The van der Waals surface area contributed by atoms with Crippen LogP contribution in [0.3, 0.4) is 0 Å². The summed E-state index contributed by atoms with van der Waals surface area (Å²) in [6.07, 6.45) is -5.18. The van der Waals surface area contributed by atoms with Crippen LogP contribution < -0.4 is 4.72 Å². The molecule has 0 radical (unpaired) electrons. The van der Waals surface area contributed by atoms with E-state index in [1.54, 1.807) is 0 Å². The predicted molar refractivity (Wildman–Crippen MR) is 114 cm³/mol. The first-order valence-corrected chi connectivity index (χ1v) is 12.1. The van der Waals surface area contributed by atoms with Crippen LogP contribution in [0, 0.1) is 5.82 Å². The van der Waals surface area contributed by atoms with Crippen LogP contribution in [0.25, 0.3) is 0 Å². The molecule has 1 aromatic carbocycles. The lowest BCUT2D eigenvalue weighted by Gasteiger charge is -2.33. The molecule has 0 amide bonds. The predicted octanol–water partition coefficient (Wildman–Crippen LogP) is -0.310. The first-order chi connectivity index (χ1) is 15.4. The number of sulfonamides is 1. The van der Waals surface area contributed by atoms with Crippen LogP contribution in [0.4, 0.5) is 10.1 Å². The van der Waals surface area contributed by atoms with Crippen molar-refractivity contribution in [3.05, 3.63) is 40.1 Å². The maximum absolute atomic E-state index is 13.3. The van der Waals surface area contributed by atoms with Gasteiger partial charge in [0.1, 0.15) is 35.5 Å². The molecule has 1 aliphatic heterocycles. The average molecular weight is 556 g/mol. The molecule has 2 aliphatic rings. The van der Waals surface area contributed by atoms with Crippen LogP contribution in [0.2, 0.25) is 0 Å². The van der Waals surface area contributed by atoms with E-state index in [1.807, 2.05) is 0 Å². The van der Waals surface area contributed by atoms with E-state index in [1.165, 1.54) is 6.07 Å². The summed E-state index contributed by atoms with van der Waals surface area (Å²) in [7, 11) is -4.32. The molecular weight excluding hydrogens is 533 g/mol. The number of ether oxygens (including phenoxy) is 2. The largest absolute Gasteiger partial charge is 0.478 e. The van der Waals surface area contributed by atoms with Crippen LogP contribution in [-0.4, -0.2) is 88.6 Å². The second kappa shape index (κ2) is 9.92. The van der Waals surface area contributed by atoms with Crippen molar-refractivity contribution >= 4 is 37.6 Å². The van der Waals surface area contributed by atoms with Crippen molar-refractivity contribution in [3.63, 3.8) is 0 Å². The minimum absolute atomic E-state index is 0.00653. The van der Waals surface area contributed by atoms with E-state index in [0.29, 0.717) is 0 Å². The monoisotopic (exact) mass is 555 g/mol. The summed E-state index contributed by atoms with van der Waals surface area (Å²) >= 11 is 3.04. The summed E-state index contributed by atoms with van der Waals surface area (Å²) in [6.45, 7) is -1.52. The normalized spacial score (nSPS) is 29.5. The maximum Gasteiger partial charge on any atom is 0.332 e. The zero-order chi connectivity index (χ0) is 24.6. The molecule has 0 aromatic heterocycles. The molecule has 1 aliphatic carbocycles. The molecule has 3 rings (SSSR count). The molecule has 0 saturated carbocycles. The van der Waals surface area contributed by atoms with E-state index in [2.05, 4.69) is 20.7 Å². The number of aliphatic hydroxyl groups is 4. The molecule has 184 valence electrons. The Morgan fingerprint density at radius 1 is 1.21 bits per heavy atom. The van der Waals surface area contributed by atoms with Crippen LogP contribution in [0.15, 0.2) is 34.3 Å². The molecule has 6 N–H and O–H groups in total. The third-order valence-corrected chi connectivity index (χ3v) is 7.81. The van der Waals surface area contributed by atoms with E-state index in [0.717, 1.165) is 18.2 Å². The van der Waals surface area contributed by atoms with Gasteiger partial charge in [-0.1, -0.05) is 0 Å². The quantitative estimate of drug-likeness (QED) is 0.248. The minimum Gasteiger partial charge on any atom is -0.478 e. The molecular formula is C19H23BrFNO10S. The number of carboxylic acid groups (broad SMARTS) is 1. The van der Waals surface area contributed by atoms with Crippen molar-refractivity contribution in [3.8, 4) is 0 Å². The highest BCUT2D eigenvalue weighted by atomic mass is 79.9. The minimum atomic E-state index is -4.32. The molecule has 1 fully saturated rings. The summed E-state index contributed by atoms with van der Waals surface area (Å²) in [4.78, 5) is 11.9. The van der Waals surface area contributed by atoms with Crippen LogP contribution >= 0.6 is 15.9 Å². The Balaban J connectivity index is 1.93. The van der Waals surface area contributed by atoms with Gasteiger partial charge in [0, 0.05) is 10.9 Å². The second-order valence-corrected chi connectivity index (χ2v) is 10.4. The van der Waals surface area contributed by atoms with Crippen molar-refractivity contribution in [1.29, 1.82) is 0 Å². The number of aliphatic carboxylic acids is 1. The van der Waals surface area contributed by atoms with Crippen LogP contribution in [-0.2, 0) is 24.3 Å². The zero-order valence-electron chi connectivity index (χ0n) is 17.0. The number of hydrogen-bond donors (Lipinski definition) is 6. The van der Waals surface area contributed by atoms with Gasteiger partial charge < -0.3 is 35.0 Å². The smallest absolute Gasteiger partial charge is 0.332 e. The van der Waals surface area contributed by atoms with Gasteiger partial charge in [0.2, 0.25) is 10.0 Å². The highest BCUT2D eigenvalue weighted by Crippen LogP contribution is 2.43. The molecule has 33 heavy (non-hydrogen) atoms. The third-order valence-electron chi connectivity index (χ3n) is 5.41. The number of anilines is 1. The summed E-state index contributed by atoms with van der Waals surface area (Å²) in [5.74, 6) is -3.98. The summed E-state index contributed by atoms with van der Waals surface area (Å²) in [5.41, 5.74) is -0.574. The second-order valence-electron chi connectivity index (χ2n) is 7.68. The van der Waals surface area contributed by atoms with Gasteiger partial charge in [-0.3, -0.25) is 4.72 Å². The van der Waals surface area contributed by atoms with Crippen molar-refractivity contribution in [2.45, 2.75) is 48.3 Å². The highest BCUT2D eigenvalue weighted by Gasteiger charge is 2.54. The Bertz CT molecular complexity index is 1020. The van der Waals surface area contributed by atoms with Crippen molar-refractivity contribution < 1.29 is 52.6 Å². The number of rotatable bonds is 8. The summed E-state index contributed by atoms with van der Waals surface area (Å²) < 4.78 is 53.0. The lowest BCUT2D eigenvalue weighted by atomic mass is 9.94. The number of halogens is 2. The molecule has 1 saturated heterocycles. The molecule has 1 spiro atoms. The first-order valence-electron chi connectivity index (χ1n) is 9.79. The topological polar surface area (TPSA) is 183 Å². The fraction of sp³-hybridized carbons (Fsp3) is 0.526. The molecule has 0 bridgehead atoms. The van der Waals surface area contributed by atoms with E-state index in [4.69, 9.17) is 9.47 Å². The van der Waals surface area contributed by atoms with Crippen LogP contribution in [0.1, 0.15) is 12.8 Å². The van der Waals surface area contributed by atoms with Gasteiger partial charge >= 0.3 is 5.97 Å². The average Bonchev–Trinajstić information content (AvgIpc) is 3.13.